The predicted molar refractivity (Wildman–Crippen MR) is 141 cm³/mol. The highest BCUT2D eigenvalue weighted by atomic mass is 32.1. The number of carbonyl (C=O) groups is 1. The largest absolute Gasteiger partial charge is 0.492 e. The van der Waals surface area contributed by atoms with Crippen molar-refractivity contribution in [3.05, 3.63) is 101 Å². The molecule has 0 aliphatic rings. The van der Waals surface area contributed by atoms with Gasteiger partial charge >= 0.3 is 0 Å². The maximum absolute atomic E-state index is 13.4. The summed E-state index contributed by atoms with van der Waals surface area (Å²) in [6.45, 7) is 2.22. The van der Waals surface area contributed by atoms with Crippen LogP contribution in [-0.4, -0.2) is 22.1 Å². The van der Waals surface area contributed by atoms with Crippen molar-refractivity contribution >= 4 is 33.1 Å². The first kappa shape index (κ1) is 22.6. The molecule has 35 heavy (non-hydrogen) atoms. The van der Waals surface area contributed by atoms with Crippen LogP contribution in [0.25, 0.3) is 32.5 Å². The first-order valence-electron chi connectivity index (χ1n) is 11.3. The van der Waals surface area contributed by atoms with Gasteiger partial charge in [0, 0.05) is 10.9 Å². The summed E-state index contributed by atoms with van der Waals surface area (Å²) in [6.07, 6.45) is 1.43. The molecule has 1 N–H and O–H groups in total. The van der Waals surface area contributed by atoms with Crippen molar-refractivity contribution in [1.29, 1.82) is 0 Å². The van der Waals surface area contributed by atoms with Crippen LogP contribution in [0, 0.1) is 0 Å². The number of aromatic nitrogens is 2. The number of para-hydroxylation sites is 2. The Hall–Kier alpha value is -4.23. The van der Waals surface area contributed by atoms with Crippen LogP contribution in [0.3, 0.4) is 0 Å². The number of fused-ring (bicyclic) bond motifs is 1. The van der Waals surface area contributed by atoms with Gasteiger partial charge in [0.25, 0.3) is 5.56 Å². The van der Waals surface area contributed by atoms with Gasteiger partial charge in [0.2, 0.25) is 5.91 Å². The summed E-state index contributed by atoms with van der Waals surface area (Å²) < 4.78 is 6.91. The molecule has 0 bridgehead atoms. The highest BCUT2D eigenvalue weighted by Gasteiger charge is 2.16. The molecule has 3 aromatic carbocycles. The van der Waals surface area contributed by atoms with Crippen LogP contribution in [-0.2, 0) is 11.3 Å². The molecular formula is C28H23N3O3S. The lowest BCUT2D eigenvalue weighted by Crippen LogP contribution is -2.28. The van der Waals surface area contributed by atoms with Crippen LogP contribution in [0.2, 0.25) is 0 Å². The molecule has 0 radical (unpaired) electrons. The molecule has 0 saturated heterocycles. The van der Waals surface area contributed by atoms with Gasteiger partial charge in [0.1, 0.15) is 17.1 Å². The number of carbonyl (C=O) groups excluding carboxylic acids is 1. The van der Waals surface area contributed by atoms with Gasteiger partial charge in [-0.15, -0.1) is 11.3 Å². The average molecular weight is 482 g/mol. The van der Waals surface area contributed by atoms with Gasteiger partial charge in [0.05, 0.1) is 24.0 Å². The molecule has 2 heterocycles. The van der Waals surface area contributed by atoms with Crippen molar-refractivity contribution in [2.24, 2.45) is 0 Å². The number of hydrogen-bond acceptors (Lipinski definition) is 5. The van der Waals surface area contributed by atoms with Crippen molar-refractivity contribution in [1.82, 2.24) is 9.55 Å². The molecule has 5 aromatic rings. The number of anilines is 1. The van der Waals surface area contributed by atoms with Gasteiger partial charge in [-0.1, -0.05) is 66.7 Å². The fourth-order valence-corrected chi connectivity index (χ4v) is 4.87. The molecule has 2 aromatic heterocycles. The lowest BCUT2D eigenvalue weighted by atomic mass is 10.0. The Morgan fingerprint density at radius 2 is 1.63 bits per heavy atom. The third kappa shape index (κ3) is 4.72. The van der Waals surface area contributed by atoms with Gasteiger partial charge in [-0.3, -0.25) is 14.2 Å². The number of hydrogen-bond donors (Lipinski definition) is 1. The lowest BCUT2D eigenvalue weighted by molar-refractivity contribution is -0.116. The standard InChI is InChI=1S/C28H23N3O3S/c1-2-34-24-11-7-6-10-23(24)30-25(32)16-31-18-29-27-26(28(31)33)22(17-35-27)21-14-12-20(13-15-21)19-8-4-3-5-9-19/h3-15,17-18H,2,16H2,1H3,(H,30,32). The molecular weight excluding hydrogens is 458 g/mol. The Bertz CT molecular complexity index is 1540. The highest BCUT2D eigenvalue weighted by Crippen LogP contribution is 2.32. The second-order valence-corrected chi connectivity index (χ2v) is 8.79. The SMILES string of the molecule is CCOc1ccccc1NC(=O)Cn1cnc2scc(-c3ccc(-c4ccccc4)cc3)c2c1=O. The molecule has 1 amide bonds. The van der Waals surface area contributed by atoms with E-state index < -0.39 is 0 Å². The maximum atomic E-state index is 13.4. The minimum atomic E-state index is -0.329. The minimum Gasteiger partial charge on any atom is -0.492 e. The molecule has 0 aliphatic carbocycles. The molecule has 0 aliphatic heterocycles. The summed E-state index contributed by atoms with van der Waals surface area (Å²) >= 11 is 1.42. The van der Waals surface area contributed by atoms with Crippen LogP contribution in [0.1, 0.15) is 6.92 Å². The van der Waals surface area contributed by atoms with E-state index in [1.807, 2.05) is 66.9 Å². The molecule has 6 nitrogen and oxygen atoms in total. The zero-order chi connectivity index (χ0) is 24.2. The van der Waals surface area contributed by atoms with Crippen LogP contribution in [0.15, 0.2) is 95.4 Å². The quantitative estimate of drug-likeness (QED) is 0.317. The molecule has 174 valence electrons. The van der Waals surface area contributed by atoms with Gasteiger partial charge < -0.3 is 10.1 Å². The zero-order valence-corrected chi connectivity index (χ0v) is 19.9. The summed E-state index contributed by atoms with van der Waals surface area (Å²) in [7, 11) is 0. The number of thiophene rings is 1. The Labute approximate surface area is 206 Å². The second kappa shape index (κ2) is 9.95. The third-order valence-corrected chi connectivity index (χ3v) is 6.53. The average Bonchev–Trinajstić information content (AvgIpc) is 3.33. The minimum absolute atomic E-state index is 0.148. The zero-order valence-electron chi connectivity index (χ0n) is 19.1. The van der Waals surface area contributed by atoms with E-state index in [1.54, 1.807) is 12.1 Å². The molecule has 0 fully saturated rings. The van der Waals surface area contributed by atoms with E-state index in [4.69, 9.17) is 4.74 Å². The van der Waals surface area contributed by atoms with Gasteiger partial charge in [-0.05, 0) is 35.7 Å². The van der Waals surface area contributed by atoms with Crippen molar-refractivity contribution in [3.63, 3.8) is 0 Å². The predicted octanol–water partition coefficient (Wildman–Crippen LogP) is 5.83. The summed E-state index contributed by atoms with van der Waals surface area (Å²) in [5.41, 5.74) is 4.31. The summed E-state index contributed by atoms with van der Waals surface area (Å²) in [6, 6.07) is 25.5. The summed E-state index contributed by atoms with van der Waals surface area (Å²) in [5, 5.41) is 5.30. The first-order valence-corrected chi connectivity index (χ1v) is 12.2. The fraction of sp³-hybridized carbons (Fsp3) is 0.107. The van der Waals surface area contributed by atoms with Crippen LogP contribution >= 0.6 is 11.3 Å². The number of rotatable bonds is 7. The second-order valence-electron chi connectivity index (χ2n) is 7.93. The number of amides is 1. The molecule has 0 saturated carbocycles. The van der Waals surface area contributed by atoms with E-state index in [-0.39, 0.29) is 18.0 Å². The molecule has 0 atom stereocenters. The van der Waals surface area contributed by atoms with Crippen LogP contribution in [0.4, 0.5) is 5.69 Å². The molecule has 0 spiro atoms. The van der Waals surface area contributed by atoms with Gasteiger partial charge in [0.15, 0.2) is 0 Å². The summed E-state index contributed by atoms with van der Waals surface area (Å²) in [5.74, 6) is 0.257. The van der Waals surface area contributed by atoms with E-state index in [2.05, 4.69) is 22.4 Å². The van der Waals surface area contributed by atoms with E-state index in [0.29, 0.717) is 28.3 Å². The Morgan fingerprint density at radius 3 is 2.40 bits per heavy atom. The topological polar surface area (TPSA) is 73.2 Å². The number of benzene rings is 3. The molecule has 7 heteroatoms. The maximum Gasteiger partial charge on any atom is 0.263 e. The van der Waals surface area contributed by atoms with Crippen molar-refractivity contribution in [2.75, 3.05) is 11.9 Å². The van der Waals surface area contributed by atoms with Gasteiger partial charge in [-0.25, -0.2) is 4.98 Å². The summed E-state index contributed by atoms with van der Waals surface area (Å²) in [4.78, 5) is 31.2. The normalized spacial score (nSPS) is 10.9. The van der Waals surface area contributed by atoms with Crippen molar-refractivity contribution < 1.29 is 9.53 Å². The lowest BCUT2D eigenvalue weighted by Gasteiger charge is -2.12. The smallest absolute Gasteiger partial charge is 0.263 e. The molecule has 5 rings (SSSR count). The van der Waals surface area contributed by atoms with Crippen molar-refractivity contribution in [2.45, 2.75) is 13.5 Å². The number of nitrogens with one attached hydrogen (secondary N) is 1. The number of ether oxygens (including phenoxy) is 1. The van der Waals surface area contributed by atoms with E-state index in [1.165, 1.54) is 22.2 Å². The fourth-order valence-electron chi connectivity index (χ4n) is 3.96. The third-order valence-electron chi connectivity index (χ3n) is 5.64. The first-order chi connectivity index (χ1) is 17.1. The van der Waals surface area contributed by atoms with E-state index in [0.717, 1.165) is 22.3 Å². The Kier molecular flexibility index (Phi) is 6.41. The van der Waals surface area contributed by atoms with Crippen molar-refractivity contribution in [3.8, 4) is 28.0 Å². The Balaban J connectivity index is 1.42. The van der Waals surface area contributed by atoms with E-state index >= 15 is 0 Å². The van der Waals surface area contributed by atoms with Crippen LogP contribution < -0.4 is 15.6 Å². The van der Waals surface area contributed by atoms with E-state index in [9.17, 15) is 9.59 Å². The molecule has 0 unspecified atom stereocenters. The van der Waals surface area contributed by atoms with Gasteiger partial charge in [-0.2, -0.15) is 0 Å². The highest BCUT2D eigenvalue weighted by molar-refractivity contribution is 7.17. The monoisotopic (exact) mass is 481 g/mol. The number of nitrogens with zero attached hydrogens (tertiary/aromatic N) is 2. The van der Waals surface area contributed by atoms with Crippen LogP contribution in [0.5, 0.6) is 5.75 Å². The Morgan fingerprint density at radius 1 is 0.943 bits per heavy atom.